The summed E-state index contributed by atoms with van der Waals surface area (Å²) in [4.78, 5) is 19.8. The predicted octanol–water partition coefficient (Wildman–Crippen LogP) is 2.67. The zero-order valence-corrected chi connectivity index (χ0v) is 12.4. The van der Waals surface area contributed by atoms with E-state index in [-0.39, 0.29) is 6.42 Å². The Morgan fingerprint density at radius 1 is 1.27 bits per heavy atom. The molecule has 1 N–H and O–H groups in total. The number of fused-ring (bicyclic) bond motifs is 1. The Balaban J connectivity index is 2.19. The third-order valence-corrected chi connectivity index (χ3v) is 3.78. The summed E-state index contributed by atoms with van der Waals surface area (Å²) in [5, 5.41) is 10.2. The highest BCUT2D eigenvalue weighted by Crippen LogP contribution is 2.27. The maximum Gasteiger partial charge on any atom is 0.307 e. The van der Waals surface area contributed by atoms with E-state index in [0.29, 0.717) is 6.42 Å². The SMILES string of the molecule is CCn1c(Cc2cccnc2)c(CC(=O)O)c2cccnc21. The van der Waals surface area contributed by atoms with Crippen molar-refractivity contribution in [3.8, 4) is 0 Å². The lowest BCUT2D eigenvalue weighted by Gasteiger charge is -2.09. The van der Waals surface area contributed by atoms with E-state index in [4.69, 9.17) is 0 Å². The zero-order chi connectivity index (χ0) is 15.5. The van der Waals surface area contributed by atoms with Gasteiger partial charge in [-0.25, -0.2) is 4.98 Å². The van der Waals surface area contributed by atoms with Crippen molar-refractivity contribution in [3.05, 3.63) is 59.7 Å². The van der Waals surface area contributed by atoms with Crippen LogP contribution in [-0.2, 0) is 24.2 Å². The van der Waals surface area contributed by atoms with Gasteiger partial charge in [-0.2, -0.15) is 0 Å². The van der Waals surface area contributed by atoms with Crippen LogP contribution in [0.3, 0.4) is 0 Å². The molecule has 22 heavy (non-hydrogen) atoms. The van der Waals surface area contributed by atoms with E-state index in [9.17, 15) is 9.90 Å². The van der Waals surface area contributed by atoms with E-state index in [2.05, 4.69) is 14.5 Å². The second kappa shape index (κ2) is 5.97. The van der Waals surface area contributed by atoms with Crippen molar-refractivity contribution >= 4 is 17.0 Å². The summed E-state index contributed by atoms with van der Waals surface area (Å²) < 4.78 is 2.10. The van der Waals surface area contributed by atoms with E-state index in [1.54, 1.807) is 12.4 Å². The fourth-order valence-electron chi connectivity index (χ4n) is 2.88. The van der Waals surface area contributed by atoms with Gasteiger partial charge in [0.1, 0.15) is 5.65 Å². The minimum atomic E-state index is -0.827. The molecule has 3 aromatic rings. The van der Waals surface area contributed by atoms with Crippen LogP contribution in [0.15, 0.2) is 42.9 Å². The average molecular weight is 295 g/mol. The normalized spacial score (nSPS) is 11.0. The fourth-order valence-corrected chi connectivity index (χ4v) is 2.88. The Bertz CT molecular complexity index is 809. The molecular weight excluding hydrogens is 278 g/mol. The highest BCUT2D eigenvalue weighted by Gasteiger charge is 2.19. The van der Waals surface area contributed by atoms with Crippen LogP contribution in [0.1, 0.15) is 23.7 Å². The van der Waals surface area contributed by atoms with Crippen molar-refractivity contribution in [2.24, 2.45) is 0 Å². The van der Waals surface area contributed by atoms with Crippen LogP contribution in [0, 0.1) is 0 Å². The van der Waals surface area contributed by atoms with Crippen LogP contribution in [-0.4, -0.2) is 25.6 Å². The van der Waals surface area contributed by atoms with Crippen LogP contribution in [0.25, 0.3) is 11.0 Å². The summed E-state index contributed by atoms with van der Waals surface area (Å²) in [5.74, 6) is -0.827. The van der Waals surface area contributed by atoms with Crippen molar-refractivity contribution < 1.29 is 9.90 Å². The molecule has 0 spiro atoms. The number of carbonyl (C=O) groups is 1. The van der Waals surface area contributed by atoms with Gasteiger partial charge in [-0.15, -0.1) is 0 Å². The van der Waals surface area contributed by atoms with Gasteiger partial charge in [0.2, 0.25) is 0 Å². The summed E-state index contributed by atoms with van der Waals surface area (Å²) in [5.41, 5.74) is 3.76. The van der Waals surface area contributed by atoms with Gasteiger partial charge in [-0.05, 0) is 36.2 Å². The summed E-state index contributed by atoms with van der Waals surface area (Å²) >= 11 is 0. The Morgan fingerprint density at radius 2 is 2.09 bits per heavy atom. The second-order valence-corrected chi connectivity index (χ2v) is 5.15. The topological polar surface area (TPSA) is 68.0 Å². The highest BCUT2D eigenvalue weighted by atomic mass is 16.4. The number of aliphatic carboxylic acids is 1. The van der Waals surface area contributed by atoms with Crippen molar-refractivity contribution in [3.63, 3.8) is 0 Å². The van der Waals surface area contributed by atoms with Crippen LogP contribution in [0.5, 0.6) is 0 Å². The van der Waals surface area contributed by atoms with Crippen LogP contribution < -0.4 is 0 Å². The molecule has 3 aromatic heterocycles. The molecule has 0 aromatic carbocycles. The van der Waals surface area contributed by atoms with Gasteiger partial charge in [0.15, 0.2) is 0 Å². The third kappa shape index (κ3) is 2.57. The van der Waals surface area contributed by atoms with E-state index in [1.165, 1.54) is 0 Å². The molecule has 112 valence electrons. The van der Waals surface area contributed by atoms with E-state index < -0.39 is 5.97 Å². The molecule has 0 amide bonds. The molecule has 5 nitrogen and oxygen atoms in total. The minimum Gasteiger partial charge on any atom is -0.481 e. The molecule has 0 aliphatic heterocycles. The zero-order valence-electron chi connectivity index (χ0n) is 12.4. The molecule has 0 radical (unpaired) electrons. The number of nitrogens with zero attached hydrogens (tertiary/aromatic N) is 3. The van der Waals surface area contributed by atoms with E-state index in [0.717, 1.165) is 34.4 Å². The first kappa shape index (κ1) is 14.3. The number of aromatic nitrogens is 3. The molecule has 0 saturated heterocycles. The van der Waals surface area contributed by atoms with Crippen molar-refractivity contribution in [1.82, 2.24) is 14.5 Å². The molecule has 0 aliphatic carbocycles. The number of hydrogen-bond acceptors (Lipinski definition) is 3. The van der Waals surface area contributed by atoms with Crippen LogP contribution in [0.4, 0.5) is 0 Å². The van der Waals surface area contributed by atoms with Crippen LogP contribution >= 0.6 is 0 Å². The number of carboxylic acid groups (broad SMARTS) is 1. The smallest absolute Gasteiger partial charge is 0.307 e. The van der Waals surface area contributed by atoms with Crippen molar-refractivity contribution in [1.29, 1.82) is 0 Å². The van der Waals surface area contributed by atoms with Gasteiger partial charge in [0.25, 0.3) is 0 Å². The molecule has 3 rings (SSSR count). The average Bonchev–Trinajstić information content (AvgIpc) is 2.81. The van der Waals surface area contributed by atoms with E-state index in [1.807, 2.05) is 37.4 Å². The largest absolute Gasteiger partial charge is 0.481 e. The standard InChI is InChI=1S/C17H17N3O2/c1-2-20-15(9-12-5-3-7-18-11-12)14(10-16(21)22)13-6-4-8-19-17(13)20/h3-8,11H,2,9-10H2,1H3,(H,21,22). The predicted molar refractivity (Wildman–Crippen MR) is 83.8 cm³/mol. The highest BCUT2D eigenvalue weighted by molar-refractivity contribution is 5.86. The number of hydrogen-bond donors (Lipinski definition) is 1. The molecule has 0 bridgehead atoms. The van der Waals surface area contributed by atoms with Gasteiger partial charge < -0.3 is 9.67 Å². The van der Waals surface area contributed by atoms with Gasteiger partial charge >= 0.3 is 5.97 Å². The molecular formula is C17H17N3O2. The monoisotopic (exact) mass is 295 g/mol. The molecule has 0 fully saturated rings. The third-order valence-electron chi connectivity index (χ3n) is 3.78. The summed E-state index contributed by atoms with van der Waals surface area (Å²) in [7, 11) is 0. The maximum atomic E-state index is 11.3. The molecule has 0 atom stereocenters. The molecule has 5 heteroatoms. The van der Waals surface area contributed by atoms with Gasteiger partial charge in [-0.3, -0.25) is 9.78 Å². The van der Waals surface area contributed by atoms with Gasteiger partial charge in [-0.1, -0.05) is 6.07 Å². The summed E-state index contributed by atoms with van der Waals surface area (Å²) in [6, 6.07) is 7.69. The van der Waals surface area contributed by atoms with Gasteiger partial charge in [0.05, 0.1) is 6.42 Å². The summed E-state index contributed by atoms with van der Waals surface area (Å²) in [6.45, 7) is 2.80. The second-order valence-electron chi connectivity index (χ2n) is 5.15. The Labute approximate surface area is 128 Å². The lowest BCUT2D eigenvalue weighted by molar-refractivity contribution is -0.136. The van der Waals surface area contributed by atoms with E-state index >= 15 is 0 Å². The Hall–Kier alpha value is -2.69. The van der Waals surface area contributed by atoms with Crippen molar-refractivity contribution in [2.45, 2.75) is 26.3 Å². The minimum absolute atomic E-state index is 0.00475. The van der Waals surface area contributed by atoms with Crippen molar-refractivity contribution in [2.75, 3.05) is 0 Å². The first-order valence-electron chi connectivity index (χ1n) is 7.26. The molecule has 0 unspecified atom stereocenters. The Morgan fingerprint density at radius 3 is 2.77 bits per heavy atom. The molecule has 0 saturated carbocycles. The lowest BCUT2D eigenvalue weighted by Crippen LogP contribution is -2.07. The number of carboxylic acids is 1. The fraction of sp³-hybridized carbons (Fsp3) is 0.235. The maximum absolute atomic E-state index is 11.3. The molecule has 3 heterocycles. The molecule has 0 aliphatic rings. The van der Waals surface area contributed by atoms with Gasteiger partial charge in [0, 0.05) is 42.6 Å². The quantitative estimate of drug-likeness (QED) is 0.785. The number of pyridine rings is 2. The summed E-state index contributed by atoms with van der Waals surface area (Å²) in [6.07, 6.45) is 5.95. The number of rotatable bonds is 5. The lowest BCUT2D eigenvalue weighted by atomic mass is 10.0. The number of aryl methyl sites for hydroxylation is 1. The first-order valence-corrected chi connectivity index (χ1v) is 7.26. The first-order chi connectivity index (χ1) is 10.7. The Kier molecular flexibility index (Phi) is 3.87. The van der Waals surface area contributed by atoms with Crippen LogP contribution in [0.2, 0.25) is 0 Å².